The van der Waals surface area contributed by atoms with Crippen LogP contribution >= 0.6 is 0 Å². The van der Waals surface area contributed by atoms with Crippen LogP contribution in [0.2, 0.25) is 0 Å². The molecule has 1 heterocycles. The molecule has 0 saturated carbocycles. The molecule has 0 bridgehead atoms. The average Bonchev–Trinajstić information content (AvgIpc) is 2.44. The first-order chi connectivity index (χ1) is 10.0. The third-order valence-electron chi connectivity index (χ3n) is 3.37. The number of hydrogen-bond acceptors (Lipinski definition) is 3. The molecule has 1 amide bonds. The molecule has 2 aromatic rings. The van der Waals surface area contributed by atoms with Gasteiger partial charge >= 0.3 is 0 Å². The van der Waals surface area contributed by atoms with Gasteiger partial charge in [0, 0.05) is 18.2 Å². The van der Waals surface area contributed by atoms with Crippen LogP contribution < -0.4 is 16.4 Å². The lowest BCUT2D eigenvalue weighted by Gasteiger charge is -2.20. The van der Waals surface area contributed by atoms with Crippen molar-refractivity contribution in [1.29, 1.82) is 0 Å². The van der Waals surface area contributed by atoms with E-state index < -0.39 is 11.6 Å². The number of anilines is 4. The van der Waals surface area contributed by atoms with Gasteiger partial charge in [0.2, 0.25) is 5.91 Å². The zero-order chi connectivity index (χ0) is 15.0. The van der Waals surface area contributed by atoms with Gasteiger partial charge in [-0.2, -0.15) is 0 Å². The highest BCUT2D eigenvalue weighted by Gasteiger charge is 2.17. The maximum Gasteiger partial charge on any atom is 0.224 e. The molecule has 1 aliphatic rings. The first kappa shape index (κ1) is 13.4. The minimum absolute atomic E-state index is 0.0104. The summed E-state index contributed by atoms with van der Waals surface area (Å²) in [6.45, 7) is 0. The fourth-order valence-electron chi connectivity index (χ4n) is 2.29. The number of carbonyl (C=O) groups is 1. The summed E-state index contributed by atoms with van der Waals surface area (Å²) in [5.74, 6) is -1.21. The third kappa shape index (κ3) is 2.65. The van der Waals surface area contributed by atoms with Crippen LogP contribution in [0.25, 0.3) is 0 Å². The van der Waals surface area contributed by atoms with Crippen molar-refractivity contribution in [2.24, 2.45) is 0 Å². The summed E-state index contributed by atoms with van der Waals surface area (Å²) >= 11 is 0. The lowest BCUT2D eigenvalue weighted by molar-refractivity contribution is -0.116. The minimum atomic E-state index is -0.586. The van der Waals surface area contributed by atoms with Gasteiger partial charge in [-0.1, -0.05) is 0 Å². The lowest BCUT2D eigenvalue weighted by atomic mass is 10.0. The highest BCUT2D eigenvalue weighted by molar-refractivity contribution is 5.96. The smallest absolute Gasteiger partial charge is 0.224 e. The molecule has 0 spiro atoms. The molecule has 3 rings (SSSR count). The molecule has 0 aromatic heterocycles. The molecule has 108 valence electrons. The highest BCUT2D eigenvalue weighted by atomic mass is 19.1. The second-order valence-corrected chi connectivity index (χ2v) is 4.89. The largest absolute Gasteiger partial charge is 0.397 e. The Morgan fingerprint density at radius 3 is 2.71 bits per heavy atom. The number of hydrogen-bond donors (Lipinski definition) is 3. The van der Waals surface area contributed by atoms with Crippen molar-refractivity contribution < 1.29 is 13.6 Å². The average molecular weight is 289 g/mol. The molecule has 6 heteroatoms. The van der Waals surface area contributed by atoms with E-state index in [1.807, 2.05) is 0 Å². The maximum atomic E-state index is 13.6. The van der Waals surface area contributed by atoms with Gasteiger partial charge in [-0.25, -0.2) is 8.78 Å². The predicted octanol–water partition coefficient (Wildman–Crippen LogP) is 3.18. The Hall–Kier alpha value is -2.63. The quantitative estimate of drug-likeness (QED) is 0.744. The number of nitrogens with one attached hydrogen (secondary N) is 2. The summed E-state index contributed by atoms with van der Waals surface area (Å²) in [5.41, 5.74) is 8.31. The highest BCUT2D eigenvalue weighted by Crippen LogP contribution is 2.33. The molecule has 4 nitrogen and oxygen atoms in total. The Morgan fingerprint density at radius 2 is 1.90 bits per heavy atom. The third-order valence-corrected chi connectivity index (χ3v) is 3.37. The summed E-state index contributed by atoms with van der Waals surface area (Å²) < 4.78 is 26.8. The van der Waals surface area contributed by atoms with Crippen molar-refractivity contribution in [2.45, 2.75) is 12.8 Å². The van der Waals surface area contributed by atoms with Gasteiger partial charge in [0.1, 0.15) is 11.6 Å². The second-order valence-electron chi connectivity index (χ2n) is 4.89. The van der Waals surface area contributed by atoms with Gasteiger partial charge in [-0.15, -0.1) is 0 Å². The molecular formula is C15H13F2N3O. The molecule has 0 aliphatic carbocycles. The molecule has 0 fully saturated rings. The number of nitrogen functional groups attached to an aromatic ring is 1. The second kappa shape index (κ2) is 5.05. The van der Waals surface area contributed by atoms with Crippen LogP contribution in [0, 0.1) is 11.6 Å². The molecule has 4 N–H and O–H groups in total. The summed E-state index contributed by atoms with van der Waals surface area (Å²) in [6.07, 6.45) is 1.03. The molecule has 0 radical (unpaired) electrons. The number of amides is 1. The van der Waals surface area contributed by atoms with Crippen LogP contribution in [0.15, 0.2) is 30.3 Å². The van der Waals surface area contributed by atoms with Crippen LogP contribution in [0.4, 0.5) is 31.5 Å². The van der Waals surface area contributed by atoms with Crippen molar-refractivity contribution in [3.05, 3.63) is 47.5 Å². The standard InChI is InChI=1S/C15H13F2N3O/c16-9-2-3-10(17)13(6-9)19-14-7-12-8(5-11(14)18)1-4-15(21)20-12/h2-3,5-7,19H,1,4,18H2,(H,20,21). The summed E-state index contributed by atoms with van der Waals surface area (Å²) in [5, 5.41) is 5.49. The number of aryl methyl sites for hydroxylation is 1. The lowest BCUT2D eigenvalue weighted by Crippen LogP contribution is -2.19. The van der Waals surface area contributed by atoms with Crippen LogP contribution in [-0.2, 0) is 11.2 Å². The van der Waals surface area contributed by atoms with E-state index in [1.54, 1.807) is 12.1 Å². The van der Waals surface area contributed by atoms with Gasteiger partial charge < -0.3 is 16.4 Å². The van der Waals surface area contributed by atoms with E-state index in [-0.39, 0.29) is 11.6 Å². The monoisotopic (exact) mass is 289 g/mol. The van der Waals surface area contributed by atoms with E-state index in [2.05, 4.69) is 10.6 Å². The number of rotatable bonds is 2. The minimum Gasteiger partial charge on any atom is -0.397 e. The molecule has 0 saturated heterocycles. The maximum absolute atomic E-state index is 13.6. The Balaban J connectivity index is 1.97. The number of nitrogens with two attached hydrogens (primary N) is 1. The Bertz CT molecular complexity index is 731. The van der Waals surface area contributed by atoms with Crippen molar-refractivity contribution in [2.75, 3.05) is 16.4 Å². The van der Waals surface area contributed by atoms with Gasteiger partial charge in [0.25, 0.3) is 0 Å². The van der Waals surface area contributed by atoms with E-state index in [0.717, 1.165) is 23.8 Å². The van der Waals surface area contributed by atoms with Crippen LogP contribution in [0.5, 0.6) is 0 Å². The van der Waals surface area contributed by atoms with E-state index >= 15 is 0 Å². The first-order valence-corrected chi connectivity index (χ1v) is 6.47. The predicted molar refractivity (Wildman–Crippen MR) is 77.4 cm³/mol. The molecule has 2 aromatic carbocycles. The summed E-state index contributed by atoms with van der Waals surface area (Å²) in [7, 11) is 0. The fourth-order valence-corrected chi connectivity index (χ4v) is 2.29. The Labute approximate surface area is 120 Å². The van der Waals surface area contributed by atoms with E-state index in [4.69, 9.17) is 5.73 Å². The van der Waals surface area contributed by atoms with E-state index in [0.29, 0.717) is 29.9 Å². The fraction of sp³-hybridized carbons (Fsp3) is 0.133. The number of carbonyl (C=O) groups excluding carboxylic acids is 1. The number of halogens is 2. The normalized spacial score (nSPS) is 13.5. The Kier molecular flexibility index (Phi) is 3.21. The van der Waals surface area contributed by atoms with Crippen molar-refractivity contribution in [3.8, 4) is 0 Å². The van der Waals surface area contributed by atoms with E-state index in [1.165, 1.54) is 0 Å². The van der Waals surface area contributed by atoms with Gasteiger partial charge in [0.05, 0.1) is 17.1 Å². The van der Waals surface area contributed by atoms with Gasteiger partial charge in [0.15, 0.2) is 0 Å². The molecule has 0 atom stereocenters. The number of fused-ring (bicyclic) bond motifs is 1. The van der Waals surface area contributed by atoms with Crippen molar-refractivity contribution >= 4 is 28.7 Å². The van der Waals surface area contributed by atoms with Crippen molar-refractivity contribution in [3.63, 3.8) is 0 Å². The van der Waals surface area contributed by atoms with Gasteiger partial charge in [-0.05, 0) is 36.2 Å². The van der Waals surface area contributed by atoms with Crippen LogP contribution in [0.1, 0.15) is 12.0 Å². The molecule has 0 unspecified atom stereocenters. The first-order valence-electron chi connectivity index (χ1n) is 6.47. The SMILES string of the molecule is Nc1cc2c(cc1Nc1cc(F)ccc1F)NC(=O)CC2. The number of benzene rings is 2. The molecule has 1 aliphatic heterocycles. The van der Waals surface area contributed by atoms with Gasteiger partial charge in [-0.3, -0.25) is 4.79 Å². The zero-order valence-electron chi connectivity index (χ0n) is 11.0. The van der Waals surface area contributed by atoms with E-state index in [9.17, 15) is 13.6 Å². The van der Waals surface area contributed by atoms with Crippen molar-refractivity contribution in [1.82, 2.24) is 0 Å². The zero-order valence-corrected chi connectivity index (χ0v) is 11.0. The summed E-state index contributed by atoms with van der Waals surface area (Å²) in [6, 6.07) is 6.48. The Morgan fingerprint density at radius 1 is 1.10 bits per heavy atom. The summed E-state index contributed by atoms with van der Waals surface area (Å²) in [4.78, 5) is 11.4. The van der Waals surface area contributed by atoms with Crippen LogP contribution in [-0.4, -0.2) is 5.91 Å². The molecular weight excluding hydrogens is 276 g/mol. The van der Waals surface area contributed by atoms with Crippen LogP contribution in [0.3, 0.4) is 0 Å². The molecule has 21 heavy (non-hydrogen) atoms. The topological polar surface area (TPSA) is 67.2 Å².